The summed E-state index contributed by atoms with van der Waals surface area (Å²) in [7, 11) is -0.860. The molecule has 14 heteroatoms. The van der Waals surface area contributed by atoms with Crippen LogP contribution in [-0.4, -0.2) is 80.2 Å². The van der Waals surface area contributed by atoms with Crippen LogP contribution in [-0.2, 0) is 24.1 Å². The van der Waals surface area contributed by atoms with Crippen LogP contribution in [0.3, 0.4) is 0 Å². The van der Waals surface area contributed by atoms with Crippen molar-refractivity contribution in [1.82, 2.24) is 14.2 Å². The number of rotatable bonds is 15. The minimum atomic E-state index is -2.33. The van der Waals surface area contributed by atoms with Gasteiger partial charge in [0.15, 0.2) is 12.4 Å². The highest BCUT2D eigenvalue weighted by Crippen LogP contribution is 2.59. The second-order valence-electron chi connectivity index (χ2n) is 16.4. The molecule has 1 aromatic heterocycles. The second-order valence-corrected chi connectivity index (χ2v) is 22.1. The van der Waals surface area contributed by atoms with Crippen molar-refractivity contribution in [3.8, 4) is 11.5 Å². The molecule has 11 nitrogen and oxygen atoms in total. The maximum atomic E-state index is 17.4. The Bertz CT molecular complexity index is 2480. The van der Waals surface area contributed by atoms with Gasteiger partial charge in [-0.1, -0.05) is 132 Å². The molecule has 0 spiro atoms. The first-order valence-electron chi connectivity index (χ1n) is 21.3. The molecule has 0 amide bonds. The van der Waals surface area contributed by atoms with Crippen LogP contribution in [0.5, 0.6) is 11.5 Å². The lowest BCUT2D eigenvalue weighted by Gasteiger charge is -2.37. The molecule has 0 saturated carbocycles. The summed E-state index contributed by atoms with van der Waals surface area (Å²) >= 11 is 0. The van der Waals surface area contributed by atoms with Crippen LogP contribution in [0.1, 0.15) is 35.8 Å². The summed E-state index contributed by atoms with van der Waals surface area (Å²) in [5, 5.41) is 2.63. The molecule has 3 fully saturated rings. The summed E-state index contributed by atoms with van der Waals surface area (Å²) in [5.74, 6) is 1.34. The van der Waals surface area contributed by atoms with Crippen LogP contribution in [0, 0.1) is 0 Å². The molecule has 326 valence electrons. The molecule has 3 saturated heterocycles. The van der Waals surface area contributed by atoms with Gasteiger partial charge in [0, 0.05) is 24.8 Å². The van der Waals surface area contributed by atoms with Crippen molar-refractivity contribution in [2.45, 2.75) is 67.8 Å². The highest BCUT2D eigenvalue weighted by Gasteiger charge is 2.55. The fourth-order valence-corrected chi connectivity index (χ4v) is 15.4. The quantitative estimate of drug-likeness (QED) is 0.0652. The zero-order chi connectivity index (χ0) is 43.6. The maximum Gasteiger partial charge on any atom is 0.330 e. The molecule has 0 radical (unpaired) electrons. The highest BCUT2D eigenvalue weighted by atomic mass is 31.2. The molecule has 0 aliphatic carbocycles. The smallest absolute Gasteiger partial charge is 0.330 e. The van der Waals surface area contributed by atoms with E-state index in [0.717, 1.165) is 46.7 Å². The van der Waals surface area contributed by atoms with Gasteiger partial charge in [-0.05, 0) is 59.8 Å². The SMILES string of the molecule is COc1ccc(C(OC[C@H]2O[C@@H](n3ccc(=O)[nH]c3=O)C(F)[C@H]2O[P@@]2O[C@H](C[Si](C)(c3ccccc3)c3ccccc3)[C@@H]3CCCN32)(c2ccccc2)c2ccc(OC)cc2)cc1. The van der Waals surface area contributed by atoms with E-state index in [9.17, 15) is 9.59 Å². The van der Waals surface area contributed by atoms with Crippen LogP contribution < -0.4 is 31.1 Å². The molecule has 3 aliphatic heterocycles. The van der Waals surface area contributed by atoms with Gasteiger partial charge in [0.05, 0.1) is 26.9 Å². The Hall–Kier alpha value is -5.24. The maximum absolute atomic E-state index is 17.4. The number of aromatic amines is 1. The summed E-state index contributed by atoms with van der Waals surface area (Å²) in [6.45, 7) is 2.99. The number of methoxy groups -OCH3 is 2. The predicted octanol–water partition coefficient (Wildman–Crippen LogP) is 7.17. The lowest BCUT2D eigenvalue weighted by Crippen LogP contribution is -2.58. The molecule has 0 bridgehead atoms. The van der Waals surface area contributed by atoms with E-state index in [1.54, 1.807) is 14.2 Å². The van der Waals surface area contributed by atoms with E-state index in [-0.39, 0.29) is 18.8 Å². The van der Waals surface area contributed by atoms with E-state index in [1.165, 1.54) is 22.6 Å². The molecule has 9 rings (SSSR count). The molecule has 5 aromatic carbocycles. The number of alkyl halides is 1. The molecule has 4 heterocycles. The van der Waals surface area contributed by atoms with Gasteiger partial charge < -0.3 is 28.0 Å². The van der Waals surface area contributed by atoms with Gasteiger partial charge in [-0.3, -0.25) is 14.3 Å². The van der Waals surface area contributed by atoms with Gasteiger partial charge in [-0.25, -0.2) is 13.9 Å². The van der Waals surface area contributed by atoms with Crippen molar-refractivity contribution < 1.29 is 32.4 Å². The van der Waals surface area contributed by atoms with E-state index in [2.05, 4.69) is 64.7 Å². The monoisotopic (exact) mass is 887 g/mol. The molecule has 63 heavy (non-hydrogen) atoms. The van der Waals surface area contributed by atoms with E-state index in [0.29, 0.717) is 11.5 Å². The molecular formula is C49H51FN3O8PSi. The zero-order valence-electron chi connectivity index (χ0n) is 35.4. The Balaban J connectivity index is 1.07. The summed E-state index contributed by atoms with van der Waals surface area (Å²) in [6.07, 6.45) is -2.50. The molecule has 1 unspecified atom stereocenters. The van der Waals surface area contributed by atoms with Crippen molar-refractivity contribution in [3.63, 3.8) is 0 Å². The van der Waals surface area contributed by atoms with Crippen LogP contribution >= 0.6 is 8.53 Å². The van der Waals surface area contributed by atoms with Gasteiger partial charge in [0.1, 0.15) is 37.4 Å². The van der Waals surface area contributed by atoms with Crippen LogP contribution in [0.2, 0.25) is 12.6 Å². The van der Waals surface area contributed by atoms with Crippen molar-refractivity contribution in [2.75, 3.05) is 27.4 Å². The first kappa shape index (κ1) is 43.0. The van der Waals surface area contributed by atoms with Gasteiger partial charge in [-0.15, -0.1) is 0 Å². The number of fused-ring (bicyclic) bond motifs is 1. The topological polar surface area (TPSA) is 113 Å². The van der Waals surface area contributed by atoms with Gasteiger partial charge in [-0.2, -0.15) is 0 Å². The Kier molecular flexibility index (Phi) is 12.6. The molecule has 1 N–H and O–H groups in total. The van der Waals surface area contributed by atoms with Crippen molar-refractivity contribution in [1.29, 1.82) is 0 Å². The molecule has 3 aliphatic rings. The normalized spacial score (nSPS) is 23.7. The van der Waals surface area contributed by atoms with E-state index >= 15 is 4.39 Å². The van der Waals surface area contributed by atoms with Crippen LogP contribution in [0.25, 0.3) is 0 Å². The average molecular weight is 888 g/mol. The summed E-state index contributed by atoms with van der Waals surface area (Å²) in [5.41, 5.74) is -0.238. The third-order valence-corrected chi connectivity index (χ3v) is 19.0. The number of hydrogen-bond acceptors (Lipinski definition) is 9. The second kappa shape index (κ2) is 18.5. The summed E-state index contributed by atoms with van der Waals surface area (Å²) < 4.78 is 59.5. The minimum Gasteiger partial charge on any atom is -0.497 e. The largest absolute Gasteiger partial charge is 0.497 e. The summed E-state index contributed by atoms with van der Waals surface area (Å²) in [6, 6.07) is 48.6. The van der Waals surface area contributed by atoms with Crippen LogP contribution in [0.15, 0.2) is 161 Å². The first-order chi connectivity index (χ1) is 30.7. The molecular weight excluding hydrogens is 837 g/mol. The zero-order valence-corrected chi connectivity index (χ0v) is 37.3. The third-order valence-electron chi connectivity index (χ3n) is 12.8. The van der Waals surface area contributed by atoms with Crippen molar-refractivity contribution in [2.24, 2.45) is 0 Å². The molecule has 6 aromatic rings. The Morgan fingerprint density at radius 3 is 1.87 bits per heavy atom. The number of ether oxygens (including phenoxy) is 4. The van der Waals surface area contributed by atoms with E-state index < -0.39 is 58.1 Å². The number of hydrogen-bond donors (Lipinski definition) is 1. The number of H-pyrrole nitrogens is 1. The van der Waals surface area contributed by atoms with Gasteiger partial charge in [0.2, 0.25) is 0 Å². The number of aromatic nitrogens is 2. The Labute approximate surface area is 368 Å². The fraction of sp³-hybridized carbons (Fsp3) is 0.306. The summed E-state index contributed by atoms with van der Waals surface area (Å²) in [4.78, 5) is 27.6. The van der Waals surface area contributed by atoms with Gasteiger partial charge >= 0.3 is 5.69 Å². The lowest BCUT2D eigenvalue weighted by molar-refractivity contribution is -0.0930. The van der Waals surface area contributed by atoms with Crippen molar-refractivity contribution >= 4 is 27.0 Å². The van der Waals surface area contributed by atoms with Crippen LogP contribution in [0.4, 0.5) is 4.39 Å². The Morgan fingerprint density at radius 2 is 1.32 bits per heavy atom. The standard InChI is InChI=1S/C49H51FN3O8PSi/c1-56-37-25-21-35(22-26-37)49(34-14-7-4-8-15-34,36-23-27-38(57-2)28-24-36)58-32-42-46(45(50)47(59-42)52-31-29-44(54)51-48(52)55)61-62-53-30-13-20-41(53)43(60-62)33-63(3,39-16-9-5-10-17-39)40-18-11-6-12-19-40/h4-12,14-19,21-29,31,41-43,45-47H,13,20,30,32-33H2,1-3H3,(H,51,54,55)/t41-,42+,43+,45?,46-,47+,62+/m0/s1. The highest BCUT2D eigenvalue weighted by molar-refractivity contribution is 7.45. The van der Waals surface area contributed by atoms with E-state index in [4.69, 9.17) is 28.0 Å². The number of halogens is 1. The van der Waals surface area contributed by atoms with Gasteiger partial charge in [0.25, 0.3) is 14.1 Å². The Morgan fingerprint density at radius 1 is 0.762 bits per heavy atom. The lowest BCUT2D eigenvalue weighted by atomic mass is 9.80. The average Bonchev–Trinajstić information content (AvgIpc) is 4.03. The number of nitrogens with one attached hydrogen (secondary N) is 1. The first-order valence-corrected chi connectivity index (χ1v) is 25.2. The number of nitrogens with zero attached hydrogens (tertiary/aromatic N) is 2. The van der Waals surface area contributed by atoms with E-state index in [1.807, 2.05) is 91.0 Å². The molecule has 7 atom stereocenters. The minimum absolute atomic E-state index is 0.0962. The predicted molar refractivity (Wildman–Crippen MR) is 243 cm³/mol. The fourth-order valence-electron chi connectivity index (χ4n) is 9.47. The van der Waals surface area contributed by atoms with Crippen molar-refractivity contribution in [3.05, 3.63) is 189 Å². The number of benzene rings is 5. The third kappa shape index (κ3) is 8.35.